The standard InChI is InChI=1S/C24H20N2O3/c1-15(2)16-10-12-18(13-11-16)25-22(27)17-6-5-7-19(14-17)26-23(28)20-8-3-4-9-21(20)24(26)29/h3-15H,1-2H3,(H,25,27). The van der Waals surface area contributed by atoms with Crippen molar-refractivity contribution in [2.75, 3.05) is 10.2 Å². The molecule has 1 aliphatic rings. The topological polar surface area (TPSA) is 66.5 Å². The Morgan fingerprint density at radius 3 is 2.03 bits per heavy atom. The van der Waals surface area contributed by atoms with Gasteiger partial charge in [-0.15, -0.1) is 0 Å². The Bertz CT molecular complexity index is 1080. The first-order valence-corrected chi connectivity index (χ1v) is 9.45. The highest BCUT2D eigenvalue weighted by Crippen LogP contribution is 2.29. The summed E-state index contributed by atoms with van der Waals surface area (Å²) in [6, 6.07) is 20.9. The molecule has 144 valence electrons. The summed E-state index contributed by atoms with van der Waals surface area (Å²) < 4.78 is 0. The van der Waals surface area contributed by atoms with Crippen molar-refractivity contribution in [1.29, 1.82) is 0 Å². The number of hydrogen-bond donors (Lipinski definition) is 1. The lowest BCUT2D eigenvalue weighted by molar-refractivity contribution is 0.0924. The zero-order valence-electron chi connectivity index (χ0n) is 16.2. The average Bonchev–Trinajstić information content (AvgIpc) is 2.99. The van der Waals surface area contributed by atoms with Gasteiger partial charge in [-0.25, -0.2) is 4.90 Å². The van der Waals surface area contributed by atoms with Crippen LogP contribution >= 0.6 is 0 Å². The minimum Gasteiger partial charge on any atom is -0.322 e. The molecule has 0 spiro atoms. The fourth-order valence-electron chi connectivity index (χ4n) is 3.36. The summed E-state index contributed by atoms with van der Waals surface area (Å²) in [6.45, 7) is 4.22. The number of hydrogen-bond acceptors (Lipinski definition) is 3. The molecule has 0 aromatic heterocycles. The van der Waals surface area contributed by atoms with E-state index >= 15 is 0 Å². The van der Waals surface area contributed by atoms with Gasteiger partial charge in [0.1, 0.15) is 0 Å². The molecule has 3 amide bonds. The van der Waals surface area contributed by atoms with Crippen LogP contribution in [0.3, 0.4) is 0 Å². The van der Waals surface area contributed by atoms with E-state index in [2.05, 4.69) is 19.2 Å². The summed E-state index contributed by atoms with van der Waals surface area (Å²) in [5, 5.41) is 2.85. The molecule has 5 heteroatoms. The van der Waals surface area contributed by atoms with Gasteiger partial charge in [0, 0.05) is 11.3 Å². The van der Waals surface area contributed by atoms with Crippen molar-refractivity contribution in [2.24, 2.45) is 0 Å². The smallest absolute Gasteiger partial charge is 0.266 e. The minimum absolute atomic E-state index is 0.305. The van der Waals surface area contributed by atoms with Crippen LogP contribution < -0.4 is 10.2 Å². The predicted octanol–water partition coefficient (Wildman–Crippen LogP) is 4.86. The maximum atomic E-state index is 12.7. The Morgan fingerprint density at radius 2 is 1.45 bits per heavy atom. The lowest BCUT2D eigenvalue weighted by atomic mass is 10.0. The second-order valence-corrected chi connectivity index (χ2v) is 7.27. The largest absolute Gasteiger partial charge is 0.322 e. The summed E-state index contributed by atoms with van der Waals surface area (Å²) in [5.41, 5.74) is 3.36. The number of carbonyl (C=O) groups is 3. The van der Waals surface area contributed by atoms with Crippen LogP contribution in [0.15, 0.2) is 72.8 Å². The number of benzene rings is 3. The Labute approximate surface area is 169 Å². The van der Waals surface area contributed by atoms with Crippen LogP contribution in [-0.4, -0.2) is 17.7 Å². The average molecular weight is 384 g/mol. The highest BCUT2D eigenvalue weighted by molar-refractivity contribution is 6.34. The summed E-state index contributed by atoms with van der Waals surface area (Å²) in [6.07, 6.45) is 0. The Balaban J connectivity index is 1.57. The summed E-state index contributed by atoms with van der Waals surface area (Å²) >= 11 is 0. The Kier molecular flexibility index (Phi) is 4.72. The number of nitrogens with zero attached hydrogens (tertiary/aromatic N) is 1. The van der Waals surface area contributed by atoms with E-state index in [4.69, 9.17) is 0 Å². The van der Waals surface area contributed by atoms with Gasteiger partial charge in [0.2, 0.25) is 0 Å². The fourth-order valence-corrected chi connectivity index (χ4v) is 3.36. The number of fused-ring (bicyclic) bond motifs is 1. The zero-order chi connectivity index (χ0) is 20.5. The van der Waals surface area contributed by atoms with Gasteiger partial charge in [0.25, 0.3) is 17.7 Å². The summed E-state index contributed by atoms with van der Waals surface area (Å²) in [7, 11) is 0. The van der Waals surface area contributed by atoms with Gasteiger partial charge in [0.15, 0.2) is 0 Å². The van der Waals surface area contributed by atoms with Crippen LogP contribution in [-0.2, 0) is 0 Å². The van der Waals surface area contributed by atoms with Gasteiger partial charge in [-0.2, -0.15) is 0 Å². The third-order valence-corrected chi connectivity index (χ3v) is 5.00. The monoisotopic (exact) mass is 384 g/mol. The third-order valence-electron chi connectivity index (χ3n) is 5.00. The zero-order valence-corrected chi connectivity index (χ0v) is 16.2. The minimum atomic E-state index is -0.382. The van der Waals surface area contributed by atoms with Gasteiger partial charge in [-0.1, -0.05) is 44.2 Å². The maximum Gasteiger partial charge on any atom is 0.266 e. The molecule has 0 bridgehead atoms. The van der Waals surface area contributed by atoms with E-state index in [0.717, 1.165) is 4.90 Å². The summed E-state index contributed by atoms with van der Waals surface area (Å²) in [4.78, 5) is 39.1. The molecule has 0 fully saturated rings. The molecule has 3 aromatic carbocycles. The molecule has 3 aromatic rings. The van der Waals surface area contributed by atoms with Gasteiger partial charge < -0.3 is 5.32 Å². The van der Waals surface area contributed by atoms with Crippen molar-refractivity contribution < 1.29 is 14.4 Å². The number of rotatable bonds is 4. The van der Waals surface area contributed by atoms with E-state index < -0.39 is 0 Å². The molecule has 0 unspecified atom stereocenters. The third kappa shape index (κ3) is 3.43. The van der Waals surface area contributed by atoms with Crippen LogP contribution in [0.25, 0.3) is 0 Å². The van der Waals surface area contributed by atoms with E-state index in [9.17, 15) is 14.4 Å². The van der Waals surface area contributed by atoms with E-state index in [-0.39, 0.29) is 17.7 Å². The van der Waals surface area contributed by atoms with Crippen LogP contribution in [0.1, 0.15) is 56.4 Å². The molecule has 0 atom stereocenters. The second kappa shape index (κ2) is 7.36. The Morgan fingerprint density at radius 1 is 0.828 bits per heavy atom. The number of nitrogens with one attached hydrogen (secondary N) is 1. The van der Waals surface area contributed by atoms with Crippen molar-refractivity contribution in [3.63, 3.8) is 0 Å². The SMILES string of the molecule is CC(C)c1ccc(NC(=O)c2cccc(N3C(=O)c4ccccc4C3=O)c2)cc1. The highest BCUT2D eigenvalue weighted by atomic mass is 16.2. The normalized spacial score (nSPS) is 13.0. The van der Waals surface area contributed by atoms with Gasteiger partial charge in [-0.3, -0.25) is 14.4 Å². The van der Waals surface area contributed by atoms with E-state index in [1.54, 1.807) is 48.5 Å². The molecule has 1 N–H and O–H groups in total. The molecule has 1 aliphatic heterocycles. The van der Waals surface area contributed by atoms with Crippen molar-refractivity contribution in [2.45, 2.75) is 19.8 Å². The maximum absolute atomic E-state index is 12.7. The lowest BCUT2D eigenvalue weighted by Crippen LogP contribution is -2.29. The molecule has 0 aliphatic carbocycles. The molecule has 0 saturated carbocycles. The first kappa shape index (κ1) is 18.6. The molecular weight excluding hydrogens is 364 g/mol. The number of amides is 3. The predicted molar refractivity (Wildman–Crippen MR) is 113 cm³/mol. The first-order valence-electron chi connectivity index (χ1n) is 9.45. The number of carbonyl (C=O) groups excluding carboxylic acids is 3. The van der Waals surface area contributed by atoms with Crippen molar-refractivity contribution in [1.82, 2.24) is 0 Å². The van der Waals surface area contributed by atoms with Crippen LogP contribution in [0.2, 0.25) is 0 Å². The van der Waals surface area contributed by atoms with Gasteiger partial charge in [-0.05, 0) is 53.9 Å². The van der Waals surface area contributed by atoms with Crippen LogP contribution in [0, 0.1) is 0 Å². The van der Waals surface area contributed by atoms with Crippen LogP contribution in [0.5, 0.6) is 0 Å². The highest BCUT2D eigenvalue weighted by Gasteiger charge is 2.36. The second-order valence-electron chi connectivity index (χ2n) is 7.27. The molecule has 4 rings (SSSR count). The van der Waals surface area contributed by atoms with Crippen molar-refractivity contribution in [3.8, 4) is 0 Å². The van der Waals surface area contributed by atoms with Crippen molar-refractivity contribution >= 4 is 29.1 Å². The molecule has 0 saturated heterocycles. The van der Waals surface area contributed by atoms with E-state index in [1.165, 1.54) is 5.56 Å². The first-order chi connectivity index (χ1) is 14.0. The molecule has 1 heterocycles. The fraction of sp³-hybridized carbons (Fsp3) is 0.125. The molecule has 5 nitrogen and oxygen atoms in total. The number of imide groups is 1. The van der Waals surface area contributed by atoms with Gasteiger partial charge in [0.05, 0.1) is 16.8 Å². The molecule has 29 heavy (non-hydrogen) atoms. The lowest BCUT2D eigenvalue weighted by Gasteiger charge is -2.15. The van der Waals surface area contributed by atoms with Crippen LogP contribution in [0.4, 0.5) is 11.4 Å². The van der Waals surface area contributed by atoms with Crippen molar-refractivity contribution in [3.05, 3.63) is 95.1 Å². The number of anilines is 2. The van der Waals surface area contributed by atoms with E-state index in [0.29, 0.717) is 34.0 Å². The molecular formula is C24H20N2O3. The summed E-state index contributed by atoms with van der Waals surface area (Å²) in [5.74, 6) is -0.656. The quantitative estimate of drug-likeness (QED) is 0.653. The molecule has 0 radical (unpaired) electrons. The van der Waals surface area contributed by atoms with Gasteiger partial charge >= 0.3 is 0 Å². The Hall–Kier alpha value is -3.73. The van der Waals surface area contributed by atoms with E-state index in [1.807, 2.05) is 24.3 Å².